The fourth-order valence-electron chi connectivity index (χ4n) is 2.77. The van der Waals surface area contributed by atoms with Gasteiger partial charge in [-0.2, -0.15) is 0 Å². The first kappa shape index (κ1) is 15.0. The van der Waals surface area contributed by atoms with E-state index in [1.54, 1.807) is 0 Å². The summed E-state index contributed by atoms with van der Waals surface area (Å²) in [5, 5.41) is 19.2. The number of aryl methyl sites for hydroxylation is 2. The maximum absolute atomic E-state index is 10.6. The molecule has 2 rings (SSSR count). The highest BCUT2D eigenvalue weighted by Crippen LogP contribution is 2.27. The van der Waals surface area contributed by atoms with Gasteiger partial charge in [-0.05, 0) is 49.9 Å². The minimum Gasteiger partial charge on any atom is -0.481 e. The lowest BCUT2D eigenvalue weighted by molar-refractivity contribution is -0.137. The Balaban J connectivity index is 2.02. The molecule has 4 nitrogen and oxygen atoms in total. The lowest BCUT2D eigenvalue weighted by Gasteiger charge is -2.29. The van der Waals surface area contributed by atoms with Crippen molar-refractivity contribution in [2.24, 2.45) is 0 Å². The Bertz CT molecular complexity index is 487. The number of rotatable bonds is 6. The van der Waals surface area contributed by atoms with Crippen molar-refractivity contribution in [1.29, 1.82) is 0 Å². The average molecular weight is 277 g/mol. The Kier molecular flexibility index (Phi) is 4.78. The van der Waals surface area contributed by atoms with Crippen LogP contribution in [0.1, 0.15) is 42.6 Å². The molecule has 0 radical (unpaired) electrons. The molecule has 0 spiro atoms. The molecule has 4 heteroatoms. The maximum atomic E-state index is 10.6. The van der Waals surface area contributed by atoms with Gasteiger partial charge in [-0.15, -0.1) is 0 Å². The van der Waals surface area contributed by atoms with Crippen LogP contribution in [0.2, 0.25) is 0 Å². The van der Waals surface area contributed by atoms with Crippen LogP contribution in [0.4, 0.5) is 0 Å². The van der Waals surface area contributed by atoms with Crippen LogP contribution in [-0.2, 0) is 17.6 Å². The maximum Gasteiger partial charge on any atom is 0.304 e. The fourth-order valence-corrected chi connectivity index (χ4v) is 2.77. The van der Waals surface area contributed by atoms with E-state index in [-0.39, 0.29) is 12.5 Å². The van der Waals surface area contributed by atoms with Crippen molar-refractivity contribution < 1.29 is 15.0 Å². The molecule has 1 aliphatic carbocycles. The van der Waals surface area contributed by atoms with Crippen LogP contribution in [0, 0.1) is 0 Å². The summed E-state index contributed by atoms with van der Waals surface area (Å²) in [7, 11) is 1.85. The normalized spacial score (nSPS) is 17.0. The number of hydrogen-bond acceptors (Lipinski definition) is 3. The molecule has 1 aliphatic rings. The number of fused-ring (bicyclic) bond motifs is 1. The Morgan fingerprint density at radius 2 is 2.05 bits per heavy atom. The summed E-state index contributed by atoms with van der Waals surface area (Å²) in [5.74, 6) is -0.809. The van der Waals surface area contributed by atoms with E-state index in [9.17, 15) is 9.90 Å². The van der Waals surface area contributed by atoms with Crippen LogP contribution in [0.5, 0.6) is 0 Å². The van der Waals surface area contributed by atoms with Crippen molar-refractivity contribution >= 4 is 5.97 Å². The number of likely N-dealkylation sites (N-methyl/N-ethyl adjacent to an activating group) is 1. The molecule has 0 aromatic heterocycles. The largest absolute Gasteiger partial charge is 0.481 e. The summed E-state index contributed by atoms with van der Waals surface area (Å²) in [6.45, 7) is 2.37. The van der Waals surface area contributed by atoms with Crippen LogP contribution < -0.4 is 0 Å². The van der Waals surface area contributed by atoms with Crippen molar-refractivity contribution in [1.82, 2.24) is 4.90 Å². The second-order valence-corrected chi connectivity index (χ2v) is 5.69. The van der Waals surface area contributed by atoms with E-state index >= 15 is 0 Å². The van der Waals surface area contributed by atoms with Gasteiger partial charge >= 0.3 is 5.97 Å². The van der Waals surface area contributed by atoms with Gasteiger partial charge < -0.3 is 15.1 Å². The molecule has 0 bridgehead atoms. The van der Waals surface area contributed by atoms with Gasteiger partial charge in [-0.3, -0.25) is 4.79 Å². The van der Waals surface area contributed by atoms with Gasteiger partial charge in [0.15, 0.2) is 0 Å². The molecule has 0 saturated carbocycles. The second kappa shape index (κ2) is 6.37. The van der Waals surface area contributed by atoms with Crippen LogP contribution in [0.15, 0.2) is 18.2 Å². The molecule has 2 N–H and O–H groups in total. The second-order valence-electron chi connectivity index (χ2n) is 5.69. The van der Waals surface area contributed by atoms with Crippen molar-refractivity contribution in [3.8, 4) is 0 Å². The Labute approximate surface area is 120 Å². The highest BCUT2D eigenvalue weighted by atomic mass is 16.4. The van der Waals surface area contributed by atoms with E-state index < -0.39 is 12.1 Å². The van der Waals surface area contributed by atoms with Gasteiger partial charge in [0.25, 0.3) is 0 Å². The number of carboxylic acid groups (broad SMARTS) is 1. The molecule has 2 unspecified atom stereocenters. The van der Waals surface area contributed by atoms with Crippen LogP contribution in [0.25, 0.3) is 0 Å². The zero-order chi connectivity index (χ0) is 14.7. The minimum atomic E-state index is -0.809. The minimum absolute atomic E-state index is 0.0950. The average Bonchev–Trinajstić information content (AvgIpc) is 2.90. The first-order chi connectivity index (χ1) is 9.49. The molecule has 0 fully saturated rings. The highest BCUT2D eigenvalue weighted by molar-refractivity contribution is 5.66. The molecule has 0 heterocycles. The number of aliphatic hydroxyl groups is 1. The summed E-state index contributed by atoms with van der Waals surface area (Å²) in [5.41, 5.74) is 3.68. The molecule has 110 valence electrons. The summed E-state index contributed by atoms with van der Waals surface area (Å²) < 4.78 is 0. The van der Waals surface area contributed by atoms with E-state index in [2.05, 4.69) is 12.1 Å². The number of aliphatic carboxylic acids is 1. The van der Waals surface area contributed by atoms with Crippen LogP contribution >= 0.6 is 0 Å². The van der Waals surface area contributed by atoms with Crippen molar-refractivity contribution in [3.63, 3.8) is 0 Å². The van der Waals surface area contributed by atoms with Crippen LogP contribution in [0.3, 0.4) is 0 Å². The zero-order valence-corrected chi connectivity index (χ0v) is 12.2. The molecule has 2 atom stereocenters. The van der Waals surface area contributed by atoms with Gasteiger partial charge in [0.1, 0.15) is 0 Å². The molecular formula is C16H23NO3. The van der Waals surface area contributed by atoms with Gasteiger partial charge in [-0.25, -0.2) is 0 Å². The number of aliphatic hydroxyl groups excluding tert-OH is 1. The van der Waals surface area contributed by atoms with E-state index in [0.29, 0.717) is 6.54 Å². The fraction of sp³-hybridized carbons (Fsp3) is 0.562. The number of hydrogen-bond donors (Lipinski definition) is 2. The van der Waals surface area contributed by atoms with Gasteiger partial charge in [0.2, 0.25) is 0 Å². The lowest BCUT2D eigenvalue weighted by atomic mass is 9.98. The Morgan fingerprint density at radius 1 is 1.35 bits per heavy atom. The summed E-state index contributed by atoms with van der Waals surface area (Å²) in [6.07, 6.45) is 2.94. The molecule has 0 aliphatic heterocycles. The standard InChI is InChI=1S/C16H23NO3/c1-11(17(2)9-8-15(18)19)16(20)14-7-6-12-4-3-5-13(12)10-14/h6-7,10-11,16,20H,3-5,8-9H2,1-2H3,(H,18,19). The van der Waals surface area contributed by atoms with Gasteiger partial charge in [0, 0.05) is 12.6 Å². The number of benzene rings is 1. The third-order valence-corrected chi connectivity index (χ3v) is 4.29. The highest BCUT2D eigenvalue weighted by Gasteiger charge is 2.22. The van der Waals surface area contributed by atoms with E-state index in [1.807, 2.05) is 24.9 Å². The predicted octanol–water partition coefficient (Wildman–Crippen LogP) is 2.00. The molecular weight excluding hydrogens is 254 g/mol. The van der Waals surface area contributed by atoms with Gasteiger partial charge in [0.05, 0.1) is 12.5 Å². The van der Waals surface area contributed by atoms with Crippen molar-refractivity contribution in [2.75, 3.05) is 13.6 Å². The number of carbonyl (C=O) groups is 1. The summed E-state index contributed by atoms with van der Waals surface area (Å²) >= 11 is 0. The Hall–Kier alpha value is -1.39. The quantitative estimate of drug-likeness (QED) is 0.835. The monoisotopic (exact) mass is 277 g/mol. The SMILES string of the molecule is CC(C(O)c1ccc2c(c1)CCC2)N(C)CCC(=O)O. The van der Waals surface area contributed by atoms with E-state index in [4.69, 9.17) is 5.11 Å². The molecule has 20 heavy (non-hydrogen) atoms. The van der Waals surface area contributed by atoms with Crippen molar-refractivity contribution in [3.05, 3.63) is 34.9 Å². The smallest absolute Gasteiger partial charge is 0.304 e. The van der Waals surface area contributed by atoms with Gasteiger partial charge in [-0.1, -0.05) is 18.2 Å². The van der Waals surface area contributed by atoms with Crippen LogP contribution in [-0.4, -0.2) is 40.7 Å². The third-order valence-electron chi connectivity index (χ3n) is 4.29. The molecule has 0 amide bonds. The molecule has 1 aromatic rings. The summed E-state index contributed by atoms with van der Waals surface area (Å²) in [6, 6.07) is 6.12. The number of nitrogens with zero attached hydrogens (tertiary/aromatic N) is 1. The van der Waals surface area contributed by atoms with Crippen molar-refractivity contribution in [2.45, 2.75) is 44.8 Å². The van der Waals surface area contributed by atoms with E-state index in [1.165, 1.54) is 17.5 Å². The third kappa shape index (κ3) is 3.38. The molecule has 0 saturated heterocycles. The Morgan fingerprint density at radius 3 is 2.75 bits per heavy atom. The first-order valence-electron chi connectivity index (χ1n) is 7.21. The predicted molar refractivity (Wildman–Crippen MR) is 77.8 cm³/mol. The molecule has 1 aromatic carbocycles. The number of carboxylic acids is 1. The lowest BCUT2D eigenvalue weighted by Crippen LogP contribution is -2.35. The zero-order valence-electron chi connectivity index (χ0n) is 12.2. The van der Waals surface area contributed by atoms with E-state index in [0.717, 1.165) is 18.4 Å². The first-order valence-corrected chi connectivity index (χ1v) is 7.21. The topological polar surface area (TPSA) is 60.8 Å². The summed E-state index contributed by atoms with van der Waals surface area (Å²) in [4.78, 5) is 12.5.